The molecule has 0 aliphatic carbocycles. The molecule has 0 spiro atoms. The van der Waals surface area contributed by atoms with E-state index in [1.807, 2.05) is 44.2 Å². The molecule has 3 rings (SSSR count). The van der Waals surface area contributed by atoms with Crippen LogP contribution in [0.2, 0.25) is 5.02 Å². The molecule has 0 aliphatic rings. The van der Waals surface area contributed by atoms with Crippen LogP contribution in [0, 0.1) is 13.8 Å². The van der Waals surface area contributed by atoms with Gasteiger partial charge in [-0.25, -0.2) is 9.97 Å². The molecular formula is C22H23ClN4O. The second-order valence-electron chi connectivity index (χ2n) is 6.65. The molecule has 2 N–H and O–H groups in total. The van der Waals surface area contributed by atoms with Gasteiger partial charge in [0.1, 0.15) is 5.69 Å². The minimum atomic E-state index is -0.200. The van der Waals surface area contributed by atoms with E-state index in [2.05, 4.69) is 32.7 Å². The van der Waals surface area contributed by atoms with Crippen molar-refractivity contribution in [2.24, 2.45) is 0 Å². The lowest BCUT2D eigenvalue weighted by molar-refractivity contribution is 0.0948. The number of carbonyl (C=O) groups is 1. The number of aromatic nitrogens is 2. The van der Waals surface area contributed by atoms with E-state index in [1.54, 1.807) is 12.1 Å². The Morgan fingerprint density at radius 3 is 2.57 bits per heavy atom. The number of hydrogen-bond acceptors (Lipinski definition) is 4. The van der Waals surface area contributed by atoms with Crippen LogP contribution < -0.4 is 10.6 Å². The van der Waals surface area contributed by atoms with Crippen LogP contribution in [0.3, 0.4) is 0 Å². The summed E-state index contributed by atoms with van der Waals surface area (Å²) in [4.78, 5) is 21.2. The van der Waals surface area contributed by atoms with Gasteiger partial charge in [0.25, 0.3) is 5.91 Å². The average molecular weight is 395 g/mol. The van der Waals surface area contributed by atoms with E-state index in [-0.39, 0.29) is 5.91 Å². The van der Waals surface area contributed by atoms with Crippen LogP contribution in [0.25, 0.3) is 0 Å². The summed E-state index contributed by atoms with van der Waals surface area (Å²) in [5.74, 6) is 0.189. The lowest BCUT2D eigenvalue weighted by Gasteiger charge is -2.11. The molecular weight excluding hydrogens is 372 g/mol. The predicted molar refractivity (Wildman–Crippen MR) is 113 cm³/mol. The Bertz CT molecular complexity index is 960. The smallest absolute Gasteiger partial charge is 0.270 e. The second kappa shape index (κ2) is 9.33. The van der Waals surface area contributed by atoms with E-state index in [4.69, 9.17) is 11.6 Å². The number of carbonyl (C=O) groups excluding carboxylic acids is 1. The molecule has 0 fully saturated rings. The highest BCUT2D eigenvalue weighted by Gasteiger charge is 2.11. The van der Waals surface area contributed by atoms with Crippen molar-refractivity contribution in [2.75, 3.05) is 11.9 Å². The molecule has 1 amide bonds. The summed E-state index contributed by atoms with van der Waals surface area (Å²) in [7, 11) is 0. The molecule has 0 atom stereocenters. The molecule has 5 nitrogen and oxygen atoms in total. The fourth-order valence-corrected chi connectivity index (χ4v) is 3.08. The summed E-state index contributed by atoms with van der Waals surface area (Å²) in [5, 5.41) is 6.77. The molecule has 0 unspecified atom stereocenters. The summed E-state index contributed by atoms with van der Waals surface area (Å²) in [6.45, 7) is 4.38. The molecule has 144 valence electrons. The zero-order chi connectivity index (χ0) is 19.9. The molecule has 6 heteroatoms. The number of amides is 1. The molecule has 1 aromatic heterocycles. The van der Waals surface area contributed by atoms with Crippen LogP contribution in [0.4, 0.5) is 11.6 Å². The van der Waals surface area contributed by atoms with Crippen molar-refractivity contribution < 1.29 is 4.79 Å². The van der Waals surface area contributed by atoms with E-state index in [0.717, 1.165) is 29.8 Å². The lowest BCUT2D eigenvalue weighted by atomic mass is 10.1. The zero-order valence-electron chi connectivity index (χ0n) is 16.0. The van der Waals surface area contributed by atoms with Gasteiger partial charge in [-0.15, -0.1) is 0 Å². The van der Waals surface area contributed by atoms with Crippen molar-refractivity contribution in [1.29, 1.82) is 0 Å². The van der Waals surface area contributed by atoms with Gasteiger partial charge in [0, 0.05) is 22.9 Å². The standard InChI is InChI=1S/C22H23ClN4O/c1-15-13-18(23)10-11-19(15)26-22-25-16(2)14-20(27-22)21(28)24-12-6-9-17-7-4-3-5-8-17/h3-5,7-8,10-11,13-14H,6,9,12H2,1-2H3,(H,24,28)(H,25,26,27). The van der Waals surface area contributed by atoms with E-state index < -0.39 is 0 Å². The maximum atomic E-state index is 12.5. The fraction of sp³-hybridized carbons (Fsp3) is 0.227. The topological polar surface area (TPSA) is 66.9 Å². The maximum absolute atomic E-state index is 12.5. The molecule has 2 aromatic carbocycles. The lowest BCUT2D eigenvalue weighted by Crippen LogP contribution is -2.26. The number of nitrogens with zero attached hydrogens (tertiary/aromatic N) is 2. The molecule has 28 heavy (non-hydrogen) atoms. The number of halogens is 1. The van der Waals surface area contributed by atoms with Crippen LogP contribution in [0.5, 0.6) is 0 Å². The minimum Gasteiger partial charge on any atom is -0.351 e. The summed E-state index contributed by atoms with van der Waals surface area (Å²) in [6, 6.07) is 17.4. The van der Waals surface area contributed by atoms with Crippen LogP contribution in [0.1, 0.15) is 33.7 Å². The van der Waals surface area contributed by atoms with Gasteiger partial charge in [0.2, 0.25) is 5.95 Å². The fourth-order valence-electron chi connectivity index (χ4n) is 2.86. The number of benzene rings is 2. The Morgan fingerprint density at radius 2 is 1.82 bits per heavy atom. The van der Waals surface area contributed by atoms with Crippen molar-refractivity contribution >= 4 is 29.1 Å². The van der Waals surface area contributed by atoms with E-state index >= 15 is 0 Å². The van der Waals surface area contributed by atoms with Crippen LogP contribution in [-0.2, 0) is 6.42 Å². The molecule has 3 aromatic rings. The first-order valence-corrected chi connectivity index (χ1v) is 9.60. The quantitative estimate of drug-likeness (QED) is 0.562. The van der Waals surface area contributed by atoms with Gasteiger partial charge in [-0.3, -0.25) is 4.79 Å². The van der Waals surface area contributed by atoms with Crippen molar-refractivity contribution in [1.82, 2.24) is 15.3 Å². The van der Waals surface area contributed by atoms with Gasteiger partial charge in [-0.05, 0) is 62.1 Å². The Kier molecular flexibility index (Phi) is 6.61. The van der Waals surface area contributed by atoms with Gasteiger partial charge in [-0.2, -0.15) is 0 Å². The van der Waals surface area contributed by atoms with E-state index in [1.165, 1.54) is 5.56 Å². The molecule has 0 saturated carbocycles. The highest BCUT2D eigenvalue weighted by atomic mass is 35.5. The number of anilines is 2. The first kappa shape index (κ1) is 19.8. The third kappa shape index (κ3) is 5.54. The van der Waals surface area contributed by atoms with Crippen molar-refractivity contribution in [2.45, 2.75) is 26.7 Å². The molecule has 0 bridgehead atoms. The third-order valence-corrected chi connectivity index (χ3v) is 4.53. The average Bonchev–Trinajstić information content (AvgIpc) is 2.68. The first-order valence-electron chi connectivity index (χ1n) is 9.22. The largest absolute Gasteiger partial charge is 0.351 e. The van der Waals surface area contributed by atoms with Crippen molar-refractivity contribution in [3.05, 3.63) is 82.1 Å². The Hall–Kier alpha value is -2.92. The highest BCUT2D eigenvalue weighted by Crippen LogP contribution is 2.22. The summed E-state index contributed by atoms with van der Waals surface area (Å²) >= 11 is 6.00. The van der Waals surface area contributed by atoms with Crippen LogP contribution in [0.15, 0.2) is 54.6 Å². The second-order valence-corrected chi connectivity index (χ2v) is 7.08. The molecule has 0 radical (unpaired) electrons. The monoisotopic (exact) mass is 394 g/mol. The molecule has 1 heterocycles. The van der Waals surface area contributed by atoms with Crippen LogP contribution in [-0.4, -0.2) is 22.4 Å². The number of hydrogen-bond donors (Lipinski definition) is 2. The molecule has 0 saturated heterocycles. The third-order valence-electron chi connectivity index (χ3n) is 4.29. The number of nitrogens with one attached hydrogen (secondary N) is 2. The van der Waals surface area contributed by atoms with Gasteiger partial charge in [-0.1, -0.05) is 41.9 Å². The number of rotatable bonds is 7. The first-order chi connectivity index (χ1) is 13.5. The van der Waals surface area contributed by atoms with Crippen molar-refractivity contribution in [3.63, 3.8) is 0 Å². The van der Waals surface area contributed by atoms with Gasteiger partial charge in [0.15, 0.2) is 0 Å². The Labute approximate surface area is 170 Å². The maximum Gasteiger partial charge on any atom is 0.270 e. The van der Waals surface area contributed by atoms with Gasteiger partial charge < -0.3 is 10.6 Å². The molecule has 0 aliphatic heterocycles. The normalized spacial score (nSPS) is 10.5. The zero-order valence-corrected chi connectivity index (χ0v) is 16.8. The number of aryl methyl sites for hydroxylation is 3. The van der Waals surface area contributed by atoms with Crippen LogP contribution >= 0.6 is 11.6 Å². The summed E-state index contributed by atoms with van der Waals surface area (Å²) in [5.41, 5.74) is 4.16. The summed E-state index contributed by atoms with van der Waals surface area (Å²) in [6.07, 6.45) is 1.79. The minimum absolute atomic E-state index is 0.200. The predicted octanol–water partition coefficient (Wildman–Crippen LogP) is 4.85. The van der Waals surface area contributed by atoms with Crippen molar-refractivity contribution in [3.8, 4) is 0 Å². The van der Waals surface area contributed by atoms with E-state index in [9.17, 15) is 4.79 Å². The summed E-state index contributed by atoms with van der Waals surface area (Å²) < 4.78 is 0. The van der Waals surface area contributed by atoms with Gasteiger partial charge >= 0.3 is 0 Å². The Morgan fingerprint density at radius 1 is 1.04 bits per heavy atom. The van der Waals surface area contributed by atoms with E-state index in [0.29, 0.717) is 23.2 Å². The highest BCUT2D eigenvalue weighted by molar-refractivity contribution is 6.30. The van der Waals surface area contributed by atoms with Gasteiger partial charge in [0.05, 0.1) is 0 Å². The SMILES string of the molecule is Cc1cc(C(=O)NCCCc2ccccc2)nc(Nc2ccc(Cl)cc2C)n1. The Balaban J connectivity index is 1.61.